The molecule has 0 amide bonds. The number of ether oxygens (including phenoxy) is 1. The molecule has 0 bridgehead atoms. The first-order valence-electron chi connectivity index (χ1n) is 13.8. The highest BCUT2D eigenvalue weighted by Gasteiger charge is 2.28. The number of carbonyl (C=O) groups is 1. The summed E-state index contributed by atoms with van der Waals surface area (Å²) in [4.78, 5) is 18.2. The molecule has 3 rings (SSSR count). The van der Waals surface area contributed by atoms with Crippen molar-refractivity contribution in [2.24, 2.45) is 21.9 Å². The zero-order valence-corrected chi connectivity index (χ0v) is 23.5. The van der Waals surface area contributed by atoms with Gasteiger partial charge in [-0.3, -0.25) is 4.90 Å². The first kappa shape index (κ1) is 30.2. The summed E-state index contributed by atoms with van der Waals surface area (Å²) in [5.74, 6) is -0.322. The van der Waals surface area contributed by atoms with Crippen molar-refractivity contribution in [2.75, 3.05) is 13.2 Å². The zero-order valence-electron chi connectivity index (χ0n) is 23.5. The summed E-state index contributed by atoms with van der Waals surface area (Å²) >= 11 is 0. The van der Waals surface area contributed by atoms with Crippen molar-refractivity contribution in [3.05, 3.63) is 84.2 Å². The second-order valence-corrected chi connectivity index (χ2v) is 9.96. The summed E-state index contributed by atoms with van der Waals surface area (Å²) in [6.07, 6.45) is 20.0. The fourth-order valence-corrected chi connectivity index (χ4v) is 4.57. The van der Waals surface area contributed by atoms with E-state index in [-0.39, 0.29) is 12.0 Å². The van der Waals surface area contributed by atoms with E-state index in [0.717, 1.165) is 25.1 Å². The van der Waals surface area contributed by atoms with Crippen molar-refractivity contribution in [1.29, 1.82) is 0 Å². The largest absolute Gasteiger partial charge is 0.463 e. The van der Waals surface area contributed by atoms with Crippen molar-refractivity contribution in [1.82, 2.24) is 9.91 Å². The van der Waals surface area contributed by atoms with Crippen LogP contribution < -0.4 is 0 Å². The molecule has 0 fully saturated rings. The van der Waals surface area contributed by atoms with Crippen LogP contribution in [0.5, 0.6) is 0 Å². The lowest BCUT2D eigenvalue weighted by Gasteiger charge is -2.35. The molecular weight excluding hydrogens is 495 g/mol. The number of rotatable bonds is 8. The van der Waals surface area contributed by atoms with E-state index in [4.69, 9.17) is 4.74 Å². The van der Waals surface area contributed by atoms with Crippen molar-refractivity contribution >= 4 is 17.9 Å². The molecule has 3 aliphatic rings. The highest BCUT2D eigenvalue weighted by molar-refractivity contribution is 6.00. The maximum Gasteiger partial charge on any atom is 0.330 e. The SMILES string of the molecule is C=C1N=C(C(O)N2CCC(C)/C=C\C=C/CC2C)C=C(CC)N1/N=C/C1=CCC(/C=C/C(=O)OCC)C=C1F. The minimum atomic E-state index is -0.880. The lowest BCUT2D eigenvalue weighted by atomic mass is 9.96. The fourth-order valence-electron chi connectivity index (χ4n) is 4.57. The minimum absolute atomic E-state index is 0.129. The fraction of sp³-hybridized carbons (Fsp3) is 0.452. The third-order valence-corrected chi connectivity index (χ3v) is 6.93. The lowest BCUT2D eigenvalue weighted by molar-refractivity contribution is -0.137. The lowest BCUT2D eigenvalue weighted by Crippen LogP contribution is -2.47. The molecule has 210 valence electrons. The summed E-state index contributed by atoms with van der Waals surface area (Å²) < 4.78 is 19.6. The third-order valence-electron chi connectivity index (χ3n) is 6.93. The van der Waals surface area contributed by atoms with Gasteiger partial charge in [-0.25, -0.2) is 19.2 Å². The van der Waals surface area contributed by atoms with Crippen LogP contribution in [0.1, 0.15) is 53.4 Å². The Labute approximate surface area is 231 Å². The molecule has 0 saturated heterocycles. The van der Waals surface area contributed by atoms with Gasteiger partial charge < -0.3 is 9.84 Å². The van der Waals surface area contributed by atoms with Gasteiger partial charge in [-0.15, -0.1) is 0 Å². The molecule has 0 saturated carbocycles. The average Bonchev–Trinajstić information content (AvgIpc) is 2.91. The Morgan fingerprint density at radius 1 is 1.33 bits per heavy atom. The molecule has 7 nitrogen and oxygen atoms in total. The zero-order chi connectivity index (χ0) is 28.4. The molecule has 2 aliphatic heterocycles. The topological polar surface area (TPSA) is 77.7 Å². The number of hydrogen-bond acceptors (Lipinski definition) is 7. The molecule has 1 aliphatic carbocycles. The van der Waals surface area contributed by atoms with E-state index in [1.54, 1.807) is 24.1 Å². The minimum Gasteiger partial charge on any atom is -0.463 e. The number of allylic oxidation sites excluding steroid dienone is 9. The first-order valence-corrected chi connectivity index (χ1v) is 13.8. The summed E-state index contributed by atoms with van der Waals surface area (Å²) in [6.45, 7) is 13.1. The van der Waals surface area contributed by atoms with Gasteiger partial charge in [-0.2, -0.15) is 5.10 Å². The van der Waals surface area contributed by atoms with Crippen LogP contribution in [-0.4, -0.2) is 58.3 Å². The predicted octanol–water partition coefficient (Wildman–Crippen LogP) is 5.96. The Balaban J connectivity index is 1.71. The van der Waals surface area contributed by atoms with Crippen molar-refractivity contribution in [2.45, 2.75) is 65.6 Å². The molecule has 0 radical (unpaired) electrons. The molecule has 0 aromatic carbocycles. The highest BCUT2D eigenvalue weighted by atomic mass is 19.1. The standard InChI is InChI=1S/C31H41FN4O3/c1-6-27-20-29(31(38)35-18-17-22(3)11-9-8-10-12-23(35)4)34-24(5)36(27)33-21-26-15-13-25(19-28(26)32)14-16-30(37)39-7-2/h8-11,14-16,19-23,25,31,38H,5-7,12-13,17-18H2,1-4H3/b10-8-,11-9-,16-14+,33-21+. The maximum atomic E-state index is 14.8. The van der Waals surface area contributed by atoms with Crippen LogP contribution in [0.15, 0.2) is 94.3 Å². The molecule has 0 aromatic heterocycles. The summed E-state index contributed by atoms with van der Waals surface area (Å²) in [7, 11) is 0. The van der Waals surface area contributed by atoms with Crippen molar-refractivity contribution in [3.8, 4) is 0 Å². The number of halogens is 1. The van der Waals surface area contributed by atoms with E-state index in [9.17, 15) is 14.3 Å². The normalized spacial score (nSPS) is 27.5. The van der Waals surface area contributed by atoms with Crippen LogP contribution in [0.4, 0.5) is 4.39 Å². The number of esters is 1. The van der Waals surface area contributed by atoms with E-state index < -0.39 is 18.0 Å². The Kier molecular flexibility index (Phi) is 11.4. The molecular formula is C31H41FN4O3. The van der Waals surface area contributed by atoms with Gasteiger partial charge in [0.2, 0.25) is 0 Å². The number of nitrogens with zero attached hydrogens (tertiary/aromatic N) is 4. The third kappa shape index (κ3) is 8.57. The molecule has 0 aromatic rings. The summed E-state index contributed by atoms with van der Waals surface area (Å²) in [6, 6.07) is 0.129. The Bertz CT molecular complexity index is 1140. The van der Waals surface area contributed by atoms with Crippen LogP contribution in [0.25, 0.3) is 0 Å². The second-order valence-electron chi connectivity index (χ2n) is 9.96. The number of aliphatic imine (C=N–C) groups is 1. The van der Waals surface area contributed by atoms with Crippen LogP contribution in [0.3, 0.4) is 0 Å². The number of hydrogen-bond donors (Lipinski definition) is 1. The van der Waals surface area contributed by atoms with E-state index in [2.05, 4.69) is 59.7 Å². The maximum absolute atomic E-state index is 14.8. The first-order chi connectivity index (χ1) is 18.7. The van der Waals surface area contributed by atoms with Crippen LogP contribution in [-0.2, 0) is 9.53 Å². The molecule has 2 heterocycles. The van der Waals surface area contributed by atoms with Crippen LogP contribution in [0.2, 0.25) is 0 Å². The number of hydrazone groups is 1. The van der Waals surface area contributed by atoms with Gasteiger partial charge in [0.15, 0.2) is 6.23 Å². The van der Waals surface area contributed by atoms with Gasteiger partial charge >= 0.3 is 5.97 Å². The molecule has 39 heavy (non-hydrogen) atoms. The van der Waals surface area contributed by atoms with Crippen LogP contribution >= 0.6 is 0 Å². The van der Waals surface area contributed by atoms with Crippen LogP contribution in [0, 0.1) is 11.8 Å². The van der Waals surface area contributed by atoms with E-state index in [0.29, 0.717) is 42.5 Å². The molecule has 4 atom stereocenters. The van der Waals surface area contributed by atoms with E-state index in [1.807, 2.05) is 13.0 Å². The smallest absolute Gasteiger partial charge is 0.330 e. The monoisotopic (exact) mass is 536 g/mol. The van der Waals surface area contributed by atoms with E-state index >= 15 is 0 Å². The van der Waals surface area contributed by atoms with Gasteiger partial charge in [-0.05, 0) is 57.6 Å². The summed E-state index contributed by atoms with van der Waals surface area (Å²) in [5, 5.41) is 17.4. The highest BCUT2D eigenvalue weighted by Crippen LogP contribution is 2.27. The number of carbonyl (C=O) groups excluding carboxylic acids is 1. The van der Waals surface area contributed by atoms with Gasteiger partial charge in [-0.1, -0.05) is 56.9 Å². The van der Waals surface area contributed by atoms with Crippen molar-refractivity contribution in [3.63, 3.8) is 0 Å². The van der Waals surface area contributed by atoms with Gasteiger partial charge in [0.25, 0.3) is 0 Å². The second kappa shape index (κ2) is 14.7. The molecule has 4 unspecified atom stereocenters. The number of aliphatic hydroxyl groups excluding tert-OH is 1. The van der Waals surface area contributed by atoms with Crippen molar-refractivity contribution < 1.29 is 19.0 Å². The van der Waals surface area contributed by atoms with E-state index in [1.165, 1.54) is 18.4 Å². The van der Waals surface area contributed by atoms with Gasteiger partial charge in [0.1, 0.15) is 11.6 Å². The Morgan fingerprint density at radius 2 is 2.13 bits per heavy atom. The predicted molar refractivity (Wildman–Crippen MR) is 155 cm³/mol. The quantitative estimate of drug-likeness (QED) is 0.235. The van der Waals surface area contributed by atoms with Gasteiger partial charge in [0, 0.05) is 35.9 Å². The molecule has 0 spiro atoms. The molecule has 8 heteroatoms. The average molecular weight is 537 g/mol. The van der Waals surface area contributed by atoms with Gasteiger partial charge in [0.05, 0.1) is 18.5 Å². The Hall–Kier alpha value is -3.36. The Morgan fingerprint density at radius 3 is 2.85 bits per heavy atom. The summed E-state index contributed by atoms with van der Waals surface area (Å²) in [5.41, 5.74) is 1.69. The molecule has 1 N–H and O–H groups in total. The number of aliphatic hydroxyl groups is 1.